The largest absolute Gasteiger partial charge is 0.483 e. The van der Waals surface area contributed by atoms with Crippen LogP contribution in [0.5, 0.6) is 5.75 Å². The Kier molecular flexibility index (Phi) is 6.46. The maximum Gasteiger partial charge on any atom is 0.264 e. The standard InChI is InChI=1S/C21H20BrFN2O2S/c1-12(2)15-6-9-18(17(22)10-15)27-11-19(26)24-21-25-20(13(3)28-21)14-4-7-16(23)8-5-14/h4-10,12H,11H2,1-3H3,(H,24,25,26). The molecule has 3 rings (SSSR count). The number of anilines is 1. The summed E-state index contributed by atoms with van der Waals surface area (Å²) in [7, 11) is 0. The lowest BCUT2D eigenvalue weighted by Crippen LogP contribution is -2.20. The number of amides is 1. The number of nitrogens with one attached hydrogen (secondary N) is 1. The maximum absolute atomic E-state index is 13.1. The van der Waals surface area contributed by atoms with Gasteiger partial charge in [-0.3, -0.25) is 10.1 Å². The normalized spacial score (nSPS) is 10.9. The lowest BCUT2D eigenvalue weighted by atomic mass is 10.0. The molecule has 0 saturated carbocycles. The number of rotatable bonds is 6. The SMILES string of the molecule is Cc1sc(NC(=O)COc2ccc(C(C)C)cc2Br)nc1-c1ccc(F)cc1. The summed E-state index contributed by atoms with van der Waals surface area (Å²) >= 11 is 4.85. The zero-order valence-corrected chi connectivity index (χ0v) is 18.2. The van der Waals surface area contributed by atoms with Crippen molar-refractivity contribution in [3.63, 3.8) is 0 Å². The van der Waals surface area contributed by atoms with Gasteiger partial charge in [0.05, 0.1) is 10.2 Å². The smallest absolute Gasteiger partial charge is 0.264 e. The van der Waals surface area contributed by atoms with E-state index in [0.717, 1.165) is 20.6 Å². The summed E-state index contributed by atoms with van der Waals surface area (Å²) in [6.45, 7) is 6.03. The molecule has 0 atom stereocenters. The summed E-state index contributed by atoms with van der Waals surface area (Å²) in [5.74, 6) is 0.438. The van der Waals surface area contributed by atoms with Crippen molar-refractivity contribution in [2.75, 3.05) is 11.9 Å². The minimum Gasteiger partial charge on any atom is -0.483 e. The Morgan fingerprint density at radius 1 is 1.25 bits per heavy atom. The molecule has 0 radical (unpaired) electrons. The van der Waals surface area contributed by atoms with Crippen LogP contribution >= 0.6 is 27.3 Å². The zero-order valence-electron chi connectivity index (χ0n) is 15.8. The van der Waals surface area contributed by atoms with Crippen molar-refractivity contribution in [3.8, 4) is 17.0 Å². The van der Waals surface area contributed by atoms with Crippen molar-refractivity contribution < 1.29 is 13.9 Å². The third kappa shape index (κ3) is 4.97. The number of ether oxygens (including phenoxy) is 1. The van der Waals surface area contributed by atoms with E-state index in [4.69, 9.17) is 4.74 Å². The maximum atomic E-state index is 13.1. The fraction of sp³-hybridized carbons (Fsp3) is 0.238. The average molecular weight is 463 g/mol. The van der Waals surface area contributed by atoms with Gasteiger partial charge >= 0.3 is 0 Å². The second-order valence-corrected chi connectivity index (χ2v) is 8.67. The molecular formula is C21H20BrFN2O2S. The molecule has 0 aliphatic carbocycles. The van der Waals surface area contributed by atoms with E-state index < -0.39 is 0 Å². The van der Waals surface area contributed by atoms with Gasteiger partial charge in [0.15, 0.2) is 11.7 Å². The molecule has 0 spiro atoms. The van der Waals surface area contributed by atoms with Crippen LogP contribution in [-0.4, -0.2) is 17.5 Å². The van der Waals surface area contributed by atoms with Gasteiger partial charge < -0.3 is 4.74 Å². The van der Waals surface area contributed by atoms with Crippen LogP contribution in [-0.2, 0) is 4.79 Å². The first-order chi connectivity index (χ1) is 13.3. The molecule has 2 aromatic carbocycles. The van der Waals surface area contributed by atoms with Gasteiger partial charge in [0.1, 0.15) is 11.6 Å². The number of carbonyl (C=O) groups is 1. The van der Waals surface area contributed by atoms with Gasteiger partial charge in [-0.1, -0.05) is 19.9 Å². The van der Waals surface area contributed by atoms with E-state index in [-0.39, 0.29) is 18.3 Å². The fourth-order valence-electron chi connectivity index (χ4n) is 2.62. The van der Waals surface area contributed by atoms with Gasteiger partial charge in [-0.25, -0.2) is 9.37 Å². The lowest BCUT2D eigenvalue weighted by Gasteiger charge is -2.11. The van der Waals surface area contributed by atoms with Crippen LogP contribution in [0.4, 0.5) is 9.52 Å². The Bertz CT molecular complexity index is 987. The van der Waals surface area contributed by atoms with E-state index in [2.05, 4.69) is 40.1 Å². The molecule has 4 nitrogen and oxygen atoms in total. The molecule has 0 unspecified atom stereocenters. The number of aromatic nitrogens is 1. The number of thiazole rings is 1. The minimum atomic E-state index is -0.296. The quantitative estimate of drug-likeness (QED) is 0.476. The fourth-order valence-corrected chi connectivity index (χ4v) is 3.98. The van der Waals surface area contributed by atoms with Crippen molar-refractivity contribution in [1.29, 1.82) is 0 Å². The highest BCUT2D eigenvalue weighted by molar-refractivity contribution is 9.10. The molecule has 146 valence electrons. The number of nitrogens with zero attached hydrogens (tertiary/aromatic N) is 1. The van der Waals surface area contributed by atoms with Crippen LogP contribution in [0.2, 0.25) is 0 Å². The molecule has 0 fully saturated rings. The summed E-state index contributed by atoms with van der Waals surface area (Å²) in [4.78, 5) is 17.6. The van der Waals surface area contributed by atoms with Crippen molar-refractivity contribution >= 4 is 38.3 Å². The van der Waals surface area contributed by atoms with Crippen LogP contribution in [0, 0.1) is 12.7 Å². The highest BCUT2D eigenvalue weighted by Gasteiger charge is 2.13. The van der Waals surface area contributed by atoms with Crippen LogP contribution in [0.1, 0.15) is 30.2 Å². The van der Waals surface area contributed by atoms with Crippen LogP contribution < -0.4 is 10.1 Å². The molecule has 1 aromatic heterocycles. The first kappa shape index (κ1) is 20.5. The number of halogens is 2. The summed E-state index contributed by atoms with van der Waals surface area (Å²) in [5.41, 5.74) is 2.73. The van der Waals surface area contributed by atoms with Crippen LogP contribution in [0.25, 0.3) is 11.3 Å². The Balaban J connectivity index is 1.62. The van der Waals surface area contributed by atoms with Gasteiger partial charge in [0.2, 0.25) is 0 Å². The highest BCUT2D eigenvalue weighted by atomic mass is 79.9. The average Bonchev–Trinajstić information content (AvgIpc) is 3.01. The minimum absolute atomic E-state index is 0.121. The molecule has 0 saturated heterocycles. The lowest BCUT2D eigenvalue weighted by molar-refractivity contribution is -0.118. The van der Waals surface area contributed by atoms with E-state index in [1.54, 1.807) is 12.1 Å². The Morgan fingerprint density at radius 3 is 2.61 bits per heavy atom. The molecule has 7 heteroatoms. The van der Waals surface area contributed by atoms with E-state index >= 15 is 0 Å². The van der Waals surface area contributed by atoms with E-state index in [1.807, 2.05) is 25.1 Å². The molecule has 1 N–H and O–H groups in total. The molecule has 1 amide bonds. The van der Waals surface area contributed by atoms with E-state index in [1.165, 1.54) is 29.0 Å². The topological polar surface area (TPSA) is 51.2 Å². The zero-order chi connectivity index (χ0) is 20.3. The van der Waals surface area contributed by atoms with Gasteiger partial charge in [0, 0.05) is 10.4 Å². The summed E-state index contributed by atoms with van der Waals surface area (Å²) in [5, 5.41) is 3.24. The van der Waals surface area contributed by atoms with Crippen LogP contribution in [0.3, 0.4) is 0 Å². The summed E-state index contributed by atoms with van der Waals surface area (Å²) < 4.78 is 19.5. The number of hydrogen-bond donors (Lipinski definition) is 1. The Labute approximate surface area is 175 Å². The highest BCUT2D eigenvalue weighted by Crippen LogP contribution is 2.31. The Hall–Kier alpha value is -2.25. The molecule has 0 aliphatic rings. The molecule has 1 heterocycles. The van der Waals surface area contributed by atoms with E-state index in [0.29, 0.717) is 16.8 Å². The third-order valence-corrected chi connectivity index (χ3v) is 5.65. The van der Waals surface area contributed by atoms with Gasteiger partial charge in [-0.2, -0.15) is 0 Å². The number of benzene rings is 2. The monoisotopic (exact) mass is 462 g/mol. The van der Waals surface area contributed by atoms with E-state index in [9.17, 15) is 9.18 Å². The van der Waals surface area contributed by atoms with Crippen LogP contribution in [0.15, 0.2) is 46.9 Å². The van der Waals surface area contributed by atoms with Crippen molar-refractivity contribution in [2.45, 2.75) is 26.7 Å². The number of aryl methyl sites for hydroxylation is 1. The molecular weight excluding hydrogens is 443 g/mol. The summed E-state index contributed by atoms with van der Waals surface area (Å²) in [6, 6.07) is 12.0. The van der Waals surface area contributed by atoms with Crippen molar-refractivity contribution in [2.24, 2.45) is 0 Å². The first-order valence-electron chi connectivity index (χ1n) is 8.79. The first-order valence-corrected chi connectivity index (χ1v) is 10.4. The predicted molar refractivity (Wildman–Crippen MR) is 115 cm³/mol. The van der Waals surface area contributed by atoms with Gasteiger partial charge in [-0.15, -0.1) is 11.3 Å². The van der Waals surface area contributed by atoms with Crippen molar-refractivity contribution in [1.82, 2.24) is 4.98 Å². The molecule has 0 bridgehead atoms. The second kappa shape index (κ2) is 8.84. The predicted octanol–water partition coefficient (Wildman–Crippen LogP) is 6.16. The number of hydrogen-bond acceptors (Lipinski definition) is 4. The van der Waals surface area contributed by atoms with Gasteiger partial charge in [-0.05, 0) is 70.7 Å². The third-order valence-electron chi connectivity index (χ3n) is 4.14. The molecule has 0 aliphatic heterocycles. The van der Waals surface area contributed by atoms with Gasteiger partial charge in [0.25, 0.3) is 5.91 Å². The second-order valence-electron chi connectivity index (χ2n) is 6.61. The Morgan fingerprint density at radius 2 is 1.96 bits per heavy atom. The van der Waals surface area contributed by atoms with Crippen molar-refractivity contribution in [3.05, 3.63) is 63.2 Å². The molecule has 28 heavy (non-hydrogen) atoms. The molecule has 3 aromatic rings. The summed E-state index contributed by atoms with van der Waals surface area (Å²) in [6.07, 6.45) is 0. The number of carbonyl (C=O) groups excluding carboxylic acids is 1.